The third-order valence-corrected chi connectivity index (χ3v) is 4.79. The number of ether oxygens (including phenoxy) is 3. The standard InChI is InChI=1S/C23H27NO6/c1-5-15(2)16-6-8-17(9-7-16)21(25)14-30-22(26)13-24-23(27)18-10-19(28-3)12-20(11-18)29-4/h6-12,15H,5,13-14H2,1-4H3,(H,24,27)/t15-/m1/s1. The third-order valence-electron chi connectivity index (χ3n) is 4.79. The highest BCUT2D eigenvalue weighted by Crippen LogP contribution is 2.22. The molecule has 7 nitrogen and oxygen atoms in total. The van der Waals surface area contributed by atoms with Crippen LogP contribution in [0, 0.1) is 0 Å². The summed E-state index contributed by atoms with van der Waals surface area (Å²) in [6.07, 6.45) is 1.01. The number of hydrogen-bond acceptors (Lipinski definition) is 6. The second-order valence-corrected chi connectivity index (χ2v) is 6.80. The van der Waals surface area contributed by atoms with E-state index in [4.69, 9.17) is 14.2 Å². The van der Waals surface area contributed by atoms with E-state index in [0.717, 1.165) is 12.0 Å². The maximum Gasteiger partial charge on any atom is 0.325 e. The zero-order valence-electron chi connectivity index (χ0n) is 17.7. The highest BCUT2D eigenvalue weighted by atomic mass is 16.5. The number of carbonyl (C=O) groups is 3. The second-order valence-electron chi connectivity index (χ2n) is 6.80. The van der Waals surface area contributed by atoms with Gasteiger partial charge in [0.1, 0.15) is 18.0 Å². The van der Waals surface area contributed by atoms with Gasteiger partial charge in [-0.2, -0.15) is 0 Å². The summed E-state index contributed by atoms with van der Waals surface area (Å²) in [5.74, 6) is -0.180. The smallest absolute Gasteiger partial charge is 0.325 e. The summed E-state index contributed by atoms with van der Waals surface area (Å²) < 4.78 is 15.2. The Labute approximate surface area is 176 Å². The van der Waals surface area contributed by atoms with E-state index in [1.165, 1.54) is 26.4 Å². The van der Waals surface area contributed by atoms with E-state index in [9.17, 15) is 14.4 Å². The highest BCUT2D eigenvalue weighted by molar-refractivity contribution is 5.99. The molecule has 2 aromatic rings. The summed E-state index contributed by atoms with van der Waals surface area (Å²) in [7, 11) is 2.95. The Hall–Kier alpha value is -3.35. The van der Waals surface area contributed by atoms with Crippen molar-refractivity contribution in [3.8, 4) is 11.5 Å². The van der Waals surface area contributed by atoms with Crippen LogP contribution < -0.4 is 14.8 Å². The van der Waals surface area contributed by atoms with Gasteiger partial charge in [-0.25, -0.2) is 0 Å². The molecule has 0 aliphatic carbocycles. The van der Waals surface area contributed by atoms with Crippen molar-refractivity contribution >= 4 is 17.7 Å². The van der Waals surface area contributed by atoms with Gasteiger partial charge in [0.05, 0.1) is 14.2 Å². The van der Waals surface area contributed by atoms with E-state index >= 15 is 0 Å². The number of methoxy groups -OCH3 is 2. The van der Waals surface area contributed by atoms with Crippen LogP contribution in [-0.4, -0.2) is 45.0 Å². The topological polar surface area (TPSA) is 90.9 Å². The van der Waals surface area contributed by atoms with Gasteiger partial charge in [0, 0.05) is 17.2 Å². The fourth-order valence-electron chi connectivity index (χ4n) is 2.71. The monoisotopic (exact) mass is 413 g/mol. The van der Waals surface area contributed by atoms with Crippen LogP contribution in [0.1, 0.15) is 52.5 Å². The maximum atomic E-state index is 12.3. The van der Waals surface area contributed by atoms with E-state index in [0.29, 0.717) is 23.0 Å². The molecule has 30 heavy (non-hydrogen) atoms. The first-order valence-electron chi connectivity index (χ1n) is 9.68. The Kier molecular flexibility index (Phi) is 8.41. The zero-order valence-corrected chi connectivity index (χ0v) is 17.7. The van der Waals surface area contributed by atoms with E-state index < -0.39 is 11.9 Å². The average Bonchev–Trinajstić information content (AvgIpc) is 2.79. The van der Waals surface area contributed by atoms with Crippen molar-refractivity contribution in [2.45, 2.75) is 26.2 Å². The maximum absolute atomic E-state index is 12.3. The Morgan fingerprint density at radius 2 is 1.53 bits per heavy atom. The second kappa shape index (κ2) is 11.0. The molecular formula is C23H27NO6. The molecule has 0 fully saturated rings. The lowest BCUT2D eigenvalue weighted by Crippen LogP contribution is -2.31. The molecule has 0 unspecified atom stereocenters. The molecule has 1 atom stereocenters. The fraction of sp³-hybridized carbons (Fsp3) is 0.348. The van der Waals surface area contributed by atoms with E-state index in [-0.39, 0.29) is 24.5 Å². The van der Waals surface area contributed by atoms with Gasteiger partial charge in [-0.15, -0.1) is 0 Å². The molecule has 0 heterocycles. The summed E-state index contributed by atoms with van der Waals surface area (Å²) >= 11 is 0. The summed E-state index contributed by atoms with van der Waals surface area (Å²) in [4.78, 5) is 36.4. The lowest BCUT2D eigenvalue weighted by atomic mass is 9.97. The minimum absolute atomic E-state index is 0.275. The zero-order chi connectivity index (χ0) is 22.1. The van der Waals surface area contributed by atoms with Crippen molar-refractivity contribution < 1.29 is 28.6 Å². The summed E-state index contributed by atoms with van der Waals surface area (Å²) in [5.41, 5.74) is 1.90. The molecule has 0 radical (unpaired) electrons. The molecule has 0 bridgehead atoms. The van der Waals surface area contributed by atoms with Crippen LogP contribution >= 0.6 is 0 Å². The average molecular weight is 413 g/mol. The normalized spacial score (nSPS) is 11.3. The first-order valence-corrected chi connectivity index (χ1v) is 9.68. The molecule has 0 aliphatic heterocycles. The van der Waals surface area contributed by atoms with Gasteiger partial charge in [-0.1, -0.05) is 38.1 Å². The van der Waals surface area contributed by atoms with Crippen molar-refractivity contribution in [1.82, 2.24) is 5.32 Å². The molecule has 1 N–H and O–H groups in total. The lowest BCUT2D eigenvalue weighted by Gasteiger charge is -2.10. The molecular weight excluding hydrogens is 386 g/mol. The Bertz CT molecular complexity index is 869. The van der Waals surface area contributed by atoms with Gasteiger partial charge < -0.3 is 19.5 Å². The molecule has 7 heteroatoms. The number of ketones is 1. The van der Waals surface area contributed by atoms with Crippen LogP contribution in [0.15, 0.2) is 42.5 Å². The first-order chi connectivity index (χ1) is 14.4. The number of amides is 1. The molecule has 2 aromatic carbocycles. The third kappa shape index (κ3) is 6.34. The quantitative estimate of drug-likeness (QED) is 0.474. The van der Waals surface area contributed by atoms with E-state index in [2.05, 4.69) is 19.2 Å². The van der Waals surface area contributed by atoms with Crippen molar-refractivity contribution in [1.29, 1.82) is 0 Å². The van der Waals surface area contributed by atoms with Crippen LogP contribution in [0.5, 0.6) is 11.5 Å². The Morgan fingerprint density at radius 3 is 2.07 bits per heavy atom. The summed E-state index contributed by atoms with van der Waals surface area (Å²) in [6, 6.07) is 12.0. The van der Waals surface area contributed by atoms with Crippen LogP contribution in [0.3, 0.4) is 0 Å². The molecule has 2 rings (SSSR count). The van der Waals surface area contributed by atoms with Crippen LogP contribution in [0.4, 0.5) is 0 Å². The Balaban J connectivity index is 1.84. The number of esters is 1. The summed E-state index contributed by atoms with van der Waals surface area (Å²) in [6.45, 7) is 3.48. The van der Waals surface area contributed by atoms with Crippen molar-refractivity contribution in [3.63, 3.8) is 0 Å². The largest absolute Gasteiger partial charge is 0.497 e. The van der Waals surface area contributed by atoms with Gasteiger partial charge in [0.15, 0.2) is 12.4 Å². The minimum Gasteiger partial charge on any atom is -0.497 e. The van der Waals surface area contributed by atoms with Gasteiger partial charge in [-0.05, 0) is 30.0 Å². The lowest BCUT2D eigenvalue weighted by molar-refractivity contribution is -0.141. The molecule has 0 aromatic heterocycles. The predicted molar refractivity (Wildman–Crippen MR) is 112 cm³/mol. The molecule has 160 valence electrons. The van der Waals surface area contributed by atoms with Gasteiger partial charge >= 0.3 is 5.97 Å². The Morgan fingerprint density at radius 1 is 0.933 bits per heavy atom. The number of hydrogen-bond donors (Lipinski definition) is 1. The van der Waals surface area contributed by atoms with Gasteiger partial charge in [0.25, 0.3) is 5.91 Å². The SMILES string of the molecule is CC[C@@H](C)c1ccc(C(=O)COC(=O)CNC(=O)c2cc(OC)cc(OC)c2)cc1. The number of benzene rings is 2. The van der Waals surface area contributed by atoms with Crippen LogP contribution in [-0.2, 0) is 9.53 Å². The van der Waals surface area contributed by atoms with Crippen molar-refractivity contribution in [2.24, 2.45) is 0 Å². The van der Waals surface area contributed by atoms with Gasteiger partial charge in [-0.3, -0.25) is 14.4 Å². The molecule has 0 aliphatic rings. The minimum atomic E-state index is -0.706. The number of carbonyl (C=O) groups excluding carboxylic acids is 3. The first kappa shape index (κ1) is 22.9. The number of rotatable bonds is 10. The number of Topliss-reactive ketones (excluding diaryl/α,β-unsaturated/α-hetero) is 1. The van der Waals surface area contributed by atoms with E-state index in [1.807, 2.05) is 12.1 Å². The predicted octanol–water partition coefficient (Wildman–Crippen LogP) is 3.37. The highest BCUT2D eigenvalue weighted by Gasteiger charge is 2.14. The van der Waals surface area contributed by atoms with E-state index in [1.54, 1.807) is 18.2 Å². The fourth-order valence-corrected chi connectivity index (χ4v) is 2.71. The number of nitrogens with one attached hydrogen (secondary N) is 1. The van der Waals surface area contributed by atoms with Crippen LogP contribution in [0.2, 0.25) is 0 Å². The molecule has 0 spiro atoms. The van der Waals surface area contributed by atoms with Crippen molar-refractivity contribution in [2.75, 3.05) is 27.4 Å². The van der Waals surface area contributed by atoms with Gasteiger partial charge in [0.2, 0.25) is 0 Å². The molecule has 1 amide bonds. The van der Waals surface area contributed by atoms with Crippen LogP contribution in [0.25, 0.3) is 0 Å². The molecule has 0 saturated carbocycles. The summed E-state index contributed by atoms with van der Waals surface area (Å²) in [5, 5.41) is 2.46. The molecule has 0 saturated heterocycles. The van der Waals surface area contributed by atoms with Crippen molar-refractivity contribution in [3.05, 3.63) is 59.2 Å².